The van der Waals surface area contributed by atoms with Gasteiger partial charge in [-0.3, -0.25) is 9.79 Å². The molecule has 0 bridgehead atoms. The average Bonchev–Trinajstić information content (AvgIpc) is 3.32. The van der Waals surface area contributed by atoms with Gasteiger partial charge in [-0.2, -0.15) is 0 Å². The highest BCUT2D eigenvalue weighted by Gasteiger charge is 2.31. The van der Waals surface area contributed by atoms with Gasteiger partial charge in [0.1, 0.15) is 0 Å². The van der Waals surface area contributed by atoms with Gasteiger partial charge in [0.2, 0.25) is 5.91 Å². The quantitative estimate of drug-likeness (QED) is 0.250. The van der Waals surface area contributed by atoms with E-state index in [0.29, 0.717) is 13.0 Å². The van der Waals surface area contributed by atoms with Crippen molar-refractivity contribution in [3.63, 3.8) is 0 Å². The second kappa shape index (κ2) is 12.3. The summed E-state index contributed by atoms with van der Waals surface area (Å²) >= 11 is 0. The Morgan fingerprint density at radius 3 is 2.64 bits per heavy atom. The molecule has 0 spiro atoms. The highest BCUT2D eigenvalue weighted by Crippen LogP contribution is 2.20. The number of likely N-dealkylation sites (tertiary alicyclic amines) is 1. The van der Waals surface area contributed by atoms with Crippen LogP contribution in [0, 0.1) is 0 Å². The van der Waals surface area contributed by atoms with Crippen molar-refractivity contribution in [2.45, 2.75) is 45.1 Å². The molecule has 1 aromatic carbocycles. The Kier molecular flexibility index (Phi) is 10.0. The van der Waals surface area contributed by atoms with E-state index < -0.39 is 0 Å². The minimum absolute atomic E-state index is 0. The lowest BCUT2D eigenvalue weighted by atomic mass is 10.2. The van der Waals surface area contributed by atoms with Crippen LogP contribution in [0.4, 0.5) is 5.69 Å². The van der Waals surface area contributed by atoms with Crippen molar-refractivity contribution >= 4 is 41.5 Å². The maximum atomic E-state index is 12.4. The maximum absolute atomic E-state index is 12.4. The highest BCUT2D eigenvalue weighted by molar-refractivity contribution is 14.0. The molecule has 2 fully saturated rings. The second-order valence-corrected chi connectivity index (χ2v) is 7.40. The van der Waals surface area contributed by atoms with E-state index in [2.05, 4.69) is 22.5 Å². The standard InChI is InChI=1S/C21H33N5O.HI/c1-2-22-21(23-12-6-7-13-25-14-8-9-15-25)24-18-16-20(27)26(17-18)19-10-4-3-5-11-19;/h3-5,10-11,18H,2,6-9,12-17H2,1H3,(H2,22,23,24);1H. The van der Waals surface area contributed by atoms with Gasteiger partial charge in [-0.05, 0) is 64.4 Å². The van der Waals surface area contributed by atoms with Crippen LogP contribution in [0.5, 0.6) is 0 Å². The number of guanidine groups is 1. The van der Waals surface area contributed by atoms with Crippen LogP contribution in [0.1, 0.15) is 39.0 Å². The molecule has 6 nitrogen and oxygen atoms in total. The smallest absolute Gasteiger partial charge is 0.229 e. The summed E-state index contributed by atoms with van der Waals surface area (Å²) in [6, 6.07) is 9.98. The predicted molar refractivity (Wildman–Crippen MR) is 127 cm³/mol. The maximum Gasteiger partial charge on any atom is 0.229 e. The summed E-state index contributed by atoms with van der Waals surface area (Å²) < 4.78 is 0. The average molecular weight is 499 g/mol. The van der Waals surface area contributed by atoms with Crippen LogP contribution in [0.2, 0.25) is 0 Å². The van der Waals surface area contributed by atoms with Gasteiger partial charge in [-0.25, -0.2) is 0 Å². The van der Waals surface area contributed by atoms with Crippen molar-refractivity contribution in [2.75, 3.05) is 44.2 Å². The third kappa shape index (κ3) is 6.92. The normalized spacial score (nSPS) is 20.3. The molecule has 0 aliphatic carbocycles. The number of unbranched alkanes of at least 4 members (excludes halogenated alkanes) is 1. The molecule has 0 aromatic heterocycles. The first kappa shape index (κ1) is 22.9. The summed E-state index contributed by atoms with van der Waals surface area (Å²) in [5, 5.41) is 6.75. The Morgan fingerprint density at radius 2 is 1.93 bits per heavy atom. The van der Waals surface area contributed by atoms with Crippen LogP contribution in [0.3, 0.4) is 0 Å². The number of carbonyl (C=O) groups excluding carboxylic acids is 1. The van der Waals surface area contributed by atoms with E-state index in [1.165, 1.54) is 38.9 Å². The van der Waals surface area contributed by atoms with Crippen LogP contribution in [0.15, 0.2) is 35.3 Å². The lowest BCUT2D eigenvalue weighted by Gasteiger charge is -2.19. The van der Waals surface area contributed by atoms with Gasteiger partial charge >= 0.3 is 0 Å². The summed E-state index contributed by atoms with van der Waals surface area (Å²) in [6.07, 6.45) is 5.52. The van der Waals surface area contributed by atoms with E-state index in [9.17, 15) is 4.79 Å². The fourth-order valence-corrected chi connectivity index (χ4v) is 3.82. The molecule has 1 unspecified atom stereocenters. The van der Waals surface area contributed by atoms with Crippen LogP contribution < -0.4 is 15.5 Å². The topological polar surface area (TPSA) is 60.0 Å². The number of para-hydroxylation sites is 1. The molecular formula is C21H34IN5O. The molecule has 28 heavy (non-hydrogen) atoms. The zero-order valence-corrected chi connectivity index (χ0v) is 19.2. The van der Waals surface area contributed by atoms with Crippen LogP contribution in [-0.4, -0.2) is 62.1 Å². The monoisotopic (exact) mass is 499 g/mol. The lowest BCUT2D eigenvalue weighted by molar-refractivity contribution is -0.117. The molecule has 1 atom stereocenters. The van der Waals surface area contributed by atoms with Crippen molar-refractivity contribution in [1.29, 1.82) is 0 Å². The zero-order chi connectivity index (χ0) is 18.9. The van der Waals surface area contributed by atoms with E-state index in [-0.39, 0.29) is 35.9 Å². The molecule has 0 saturated carbocycles. The molecule has 1 aromatic rings. The van der Waals surface area contributed by atoms with Crippen LogP contribution in [-0.2, 0) is 4.79 Å². The molecule has 2 heterocycles. The van der Waals surface area contributed by atoms with Crippen LogP contribution >= 0.6 is 24.0 Å². The Bertz CT molecular complexity index is 618. The highest BCUT2D eigenvalue weighted by atomic mass is 127. The summed E-state index contributed by atoms with van der Waals surface area (Å²) in [7, 11) is 0. The van der Waals surface area contributed by atoms with Gasteiger partial charge in [0, 0.05) is 31.7 Å². The number of benzene rings is 1. The summed E-state index contributed by atoms with van der Waals surface area (Å²) in [5.41, 5.74) is 0.968. The third-order valence-electron chi connectivity index (χ3n) is 5.23. The van der Waals surface area contributed by atoms with Crippen molar-refractivity contribution in [3.8, 4) is 0 Å². The lowest BCUT2D eigenvalue weighted by Crippen LogP contribution is -2.44. The van der Waals surface area contributed by atoms with Crippen molar-refractivity contribution in [3.05, 3.63) is 30.3 Å². The molecule has 156 valence electrons. The van der Waals surface area contributed by atoms with Gasteiger partial charge < -0.3 is 20.4 Å². The first-order valence-corrected chi connectivity index (χ1v) is 10.4. The predicted octanol–water partition coefficient (Wildman–Crippen LogP) is 2.84. The number of anilines is 1. The number of halogens is 1. The fraction of sp³-hybridized carbons (Fsp3) is 0.619. The first-order valence-electron chi connectivity index (χ1n) is 10.4. The summed E-state index contributed by atoms with van der Waals surface area (Å²) in [5.74, 6) is 0.992. The summed E-state index contributed by atoms with van der Waals surface area (Å²) in [4.78, 5) is 21.5. The number of hydrogen-bond donors (Lipinski definition) is 2. The number of aliphatic imine (C=N–C) groups is 1. The zero-order valence-electron chi connectivity index (χ0n) is 16.9. The molecule has 2 aliphatic rings. The van der Waals surface area contributed by atoms with E-state index in [1.807, 2.05) is 35.2 Å². The molecule has 2 saturated heterocycles. The van der Waals surface area contributed by atoms with Gasteiger partial charge in [0.15, 0.2) is 5.96 Å². The second-order valence-electron chi connectivity index (χ2n) is 7.40. The SMILES string of the molecule is CCNC(=NCCCCN1CCCC1)NC1CC(=O)N(c2ccccc2)C1.I. The van der Waals surface area contributed by atoms with E-state index >= 15 is 0 Å². The first-order chi connectivity index (χ1) is 13.3. The number of rotatable bonds is 8. The number of nitrogens with zero attached hydrogens (tertiary/aromatic N) is 3. The number of nitrogens with one attached hydrogen (secondary N) is 2. The molecule has 0 radical (unpaired) electrons. The van der Waals surface area contributed by atoms with Gasteiger partial charge in [0.05, 0.1) is 6.04 Å². The Morgan fingerprint density at radius 1 is 1.18 bits per heavy atom. The molecule has 1 amide bonds. The molecule has 2 aliphatic heterocycles. The van der Waals surface area contributed by atoms with E-state index in [4.69, 9.17) is 4.99 Å². The third-order valence-corrected chi connectivity index (χ3v) is 5.23. The largest absolute Gasteiger partial charge is 0.357 e. The number of carbonyl (C=O) groups is 1. The van der Waals surface area contributed by atoms with Gasteiger partial charge in [0.25, 0.3) is 0 Å². The Balaban J connectivity index is 0.00000280. The molecular weight excluding hydrogens is 465 g/mol. The van der Waals surface area contributed by atoms with Crippen molar-refractivity contribution < 1.29 is 4.79 Å². The van der Waals surface area contributed by atoms with Crippen molar-refractivity contribution in [2.24, 2.45) is 4.99 Å². The number of amides is 1. The minimum Gasteiger partial charge on any atom is -0.357 e. The van der Waals surface area contributed by atoms with Crippen molar-refractivity contribution in [1.82, 2.24) is 15.5 Å². The summed E-state index contributed by atoms with van der Waals surface area (Å²) in [6.45, 7) is 8.13. The van der Waals surface area contributed by atoms with E-state index in [1.54, 1.807) is 0 Å². The minimum atomic E-state index is 0. The van der Waals surface area contributed by atoms with Crippen LogP contribution in [0.25, 0.3) is 0 Å². The number of hydrogen-bond acceptors (Lipinski definition) is 3. The van der Waals surface area contributed by atoms with E-state index in [0.717, 1.165) is 31.2 Å². The van der Waals surface area contributed by atoms with Gasteiger partial charge in [-0.15, -0.1) is 24.0 Å². The Labute approximate surface area is 186 Å². The molecule has 3 rings (SSSR count). The molecule has 2 N–H and O–H groups in total. The Hall–Kier alpha value is -1.35. The van der Waals surface area contributed by atoms with Gasteiger partial charge in [-0.1, -0.05) is 18.2 Å². The fourth-order valence-electron chi connectivity index (χ4n) is 3.82. The molecule has 7 heteroatoms.